The fourth-order valence-corrected chi connectivity index (χ4v) is 2.77. The summed E-state index contributed by atoms with van der Waals surface area (Å²) in [6, 6.07) is 5.49. The van der Waals surface area contributed by atoms with Crippen molar-refractivity contribution in [2.75, 3.05) is 11.9 Å². The van der Waals surface area contributed by atoms with E-state index in [1.807, 2.05) is 13.8 Å². The zero-order valence-corrected chi connectivity index (χ0v) is 13.2. The lowest BCUT2D eigenvalue weighted by molar-refractivity contribution is -0.122. The molecule has 0 aliphatic carbocycles. The number of amidine groups is 1. The molecule has 0 radical (unpaired) electrons. The van der Waals surface area contributed by atoms with Gasteiger partial charge in [-0.1, -0.05) is 25.6 Å². The Morgan fingerprint density at radius 3 is 2.73 bits per heavy atom. The standard InChI is InChI=1S/C15H18FN3O2S/c1-9(2)8-17-15-19-14(21)12(22-15)7-13(20)18-11-5-3-10(16)4-6-11/h3-6,9,12H,7-8H2,1-2H3,(H,18,20)(H,17,19,21)/t12-/m1/s1. The fourth-order valence-electron chi connectivity index (χ4n) is 1.79. The number of anilines is 1. The molecule has 1 heterocycles. The number of benzene rings is 1. The lowest BCUT2D eigenvalue weighted by atomic mass is 10.2. The molecule has 2 amide bonds. The zero-order valence-electron chi connectivity index (χ0n) is 12.4. The highest BCUT2D eigenvalue weighted by Crippen LogP contribution is 2.23. The summed E-state index contributed by atoms with van der Waals surface area (Å²) in [6.45, 7) is 4.72. The first kappa shape index (κ1) is 16.5. The van der Waals surface area contributed by atoms with Crippen molar-refractivity contribution >= 4 is 34.4 Å². The molecule has 0 unspecified atom stereocenters. The molecule has 0 saturated carbocycles. The number of hydrogen-bond donors (Lipinski definition) is 2. The van der Waals surface area contributed by atoms with E-state index in [0.29, 0.717) is 23.3 Å². The van der Waals surface area contributed by atoms with E-state index in [1.165, 1.54) is 36.0 Å². The van der Waals surface area contributed by atoms with Gasteiger partial charge in [0.2, 0.25) is 11.8 Å². The summed E-state index contributed by atoms with van der Waals surface area (Å²) < 4.78 is 12.8. The third-order valence-corrected chi connectivity index (χ3v) is 3.99. The summed E-state index contributed by atoms with van der Waals surface area (Å²) in [5, 5.41) is 5.41. The van der Waals surface area contributed by atoms with Gasteiger partial charge in [0.05, 0.1) is 0 Å². The van der Waals surface area contributed by atoms with Gasteiger partial charge >= 0.3 is 0 Å². The molecular formula is C15H18FN3O2S. The van der Waals surface area contributed by atoms with Gasteiger partial charge in [0.15, 0.2) is 5.17 Å². The second-order valence-electron chi connectivity index (χ2n) is 5.39. The Kier molecular flexibility index (Phi) is 5.54. The second-order valence-corrected chi connectivity index (χ2v) is 6.59. The second kappa shape index (κ2) is 7.40. The largest absolute Gasteiger partial charge is 0.326 e. The molecule has 1 aliphatic heterocycles. The van der Waals surface area contributed by atoms with Crippen LogP contribution in [0.3, 0.4) is 0 Å². The van der Waals surface area contributed by atoms with Crippen LogP contribution in [0.15, 0.2) is 29.3 Å². The van der Waals surface area contributed by atoms with Gasteiger partial charge in [0.1, 0.15) is 11.1 Å². The molecule has 2 N–H and O–H groups in total. The molecular weight excluding hydrogens is 305 g/mol. The lowest BCUT2D eigenvalue weighted by Crippen LogP contribution is -2.28. The Hall–Kier alpha value is -1.89. The Labute approximate surface area is 132 Å². The van der Waals surface area contributed by atoms with E-state index >= 15 is 0 Å². The van der Waals surface area contributed by atoms with Gasteiger partial charge in [-0.05, 0) is 30.2 Å². The minimum Gasteiger partial charge on any atom is -0.326 e. The Morgan fingerprint density at radius 1 is 1.41 bits per heavy atom. The quantitative estimate of drug-likeness (QED) is 0.874. The number of carbonyl (C=O) groups is 2. The normalized spacial score (nSPS) is 19.5. The van der Waals surface area contributed by atoms with Crippen LogP contribution >= 0.6 is 11.8 Å². The molecule has 0 bridgehead atoms. The smallest absolute Gasteiger partial charge is 0.240 e. The van der Waals surface area contributed by atoms with Gasteiger partial charge in [0, 0.05) is 18.7 Å². The van der Waals surface area contributed by atoms with E-state index in [4.69, 9.17) is 0 Å². The third kappa shape index (κ3) is 4.84. The highest BCUT2D eigenvalue weighted by molar-refractivity contribution is 8.15. The lowest BCUT2D eigenvalue weighted by Gasteiger charge is -2.07. The summed E-state index contributed by atoms with van der Waals surface area (Å²) in [6.07, 6.45) is 0.0502. The average molecular weight is 323 g/mol. The third-order valence-electron chi connectivity index (χ3n) is 2.88. The number of nitrogens with one attached hydrogen (secondary N) is 2. The molecule has 118 valence electrons. The average Bonchev–Trinajstić information content (AvgIpc) is 2.79. The molecule has 1 aromatic carbocycles. The number of nitrogens with zero attached hydrogens (tertiary/aromatic N) is 1. The van der Waals surface area contributed by atoms with Crippen molar-refractivity contribution in [1.29, 1.82) is 0 Å². The van der Waals surface area contributed by atoms with Crippen LogP contribution in [0.4, 0.5) is 10.1 Å². The van der Waals surface area contributed by atoms with Gasteiger partial charge in [-0.3, -0.25) is 14.6 Å². The predicted molar refractivity (Wildman–Crippen MR) is 86.3 cm³/mol. The number of carbonyl (C=O) groups excluding carboxylic acids is 2. The van der Waals surface area contributed by atoms with E-state index < -0.39 is 5.25 Å². The molecule has 1 aliphatic rings. The van der Waals surface area contributed by atoms with Crippen LogP contribution in [0.1, 0.15) is 20.3 Å². The maximum Gasteiger partial charge on any atom is 0.240 e. The van der Waals surface area contributed by atoms with Gasteiger partial charge in [-0.15, -0.1) is 0 Å². The van der Waals surface area contributed by atoms with Gasteiger partial charge < -0.3 is 10.6 Å². The van der Waals surface area contributed by atoms with E-state index in [0.717, 1.165) is 0 Å². The van der Waals surface area contributed by atoms with E-state index in [2.05, 4.69) is 15.6 Å². The van der Waals surface area contributed by atoms with E-state index in [1.54, 1.807) is 0 Å². The SMILES string of the molecule is CC(C)CN=C1NC(=O)[C@@H](CC(=O)Nc2ccc(F)cc2)S1. The maximum atomic E-state index is 12.8. The maximum absolute atomic E-state index is 12.8. The first-order chi connectivity index (χ1) is 10.4. The predicted octanol–water partition coefficient (Wildman–Crippen LogP) is 2.40. The summed E-state index contributed by atoms with van der Waals surface area (Å²) >= 11 is 1.27. The van der Waals surface area contributed by atoms with Gasteiger partial charge in [0.25, 0.3) is 0 Å². The van der Waals surface area contributed by atoms with Gasteiger partial charge in [-0.25, -0.2) is 4.39 Å². The number of thioether (sulfide) groups is 1. The number of amides is 2. The van der Waals surface area contributed by atoms with Crippen molar-refractivity contribution in [3.63, 3.8) is 0 Å². The van der Waals surface area contributed by atoms with Crippen LogP contribution in [-0.4, -0.2) is 28.8 Å². The van der Waals surface area contributed by atoms with Crippen LogP contribution < -0.4 is 10.6 Å². The van der Waals surface area contributed by atoms with Crippen molar-refractivity contribution in [1.82, 2.24) is 5.32 Å². The van der Waals surface area contributed by atoms with Crippen molar-refractivity contribution in [3.05, 3.63) is 30.1 Å². The Balaban J connectivity index is 1.87. The van der Waals surface area contributed by atoms with Crippen molar-refractivity contribution in [3.8, 4) is 0 Å². The van der Waals surface area contributed by atoms with Crippen LogP contribution in [-0.2, 0) is 9.59 Å². The molecule has 7 heteroatoms. The van der Waals surface area contributed by atoms with Crippen molar-refractivity contribution in [2.24, 2.45) is 10.9 Å². The highest BCUT2D eigenvalue weighted by atomic mass is 32.2. The number of halogens is 1. The molecule has 1 atom stereocenters. The first-order valence-electron chi connectivity index (χ1n) is 7.01. The molecule has 0 aromatic heterocycles. The number of hydrogen-bond acceptors (Lipinski definition) is 4. The van der Waals surface area contributed by atoms with Crippen LogP contribution in [0.5, 0.6) is 0 Å². The van der Waals surface area contributed by atoms with Crippen molar-refractivity contribution in [2.45, 2.75) is 25.5 Å². The Morgan fingerprint density at radius 2 is 2.09 bits per heavy atom. The molecule has 5 nitrogen and oxygen atoms in total. The molecule has 1 saturated heterocycles. The molecule has 22 heavy (non-hydrogen) atoms. The Bertz CT molecular complexity index is 587. The van der Waals surface area contributed by atoms with E-state index in [-0.39, 0.29) is 24.1 Å². The highest BCUT2D eigenvalue weighted by Gasteiger charge is 2.31. The minimum absolute atomic E-state index is 0.0502. The van der Waals surface area contributed by atoms with Crippen LogP contribution in [0.2, 0.25) is 0 Å². The minimum atomic E-state index is -0.480. The summed E-state index contributed by atoms with van der Waals surface area (Å²) in [5.74, 6) is -0.452. The summed E-state index contributed by atoms with van der Waals surface area (Å²) in [4.78, 5) is 28.1. The fraction of sp³-hybridized carbons (Fsp3) is 0.400. The zero-order chi connectivity index (χ0) is 16.1. The van der Waals surface area contributed by atoms with Gasteiger partial charge in [-0.2, -0.15) is 0 Å². The molecule has 0 spiro atoms. The summed E-state index contributed by atoms with van der Waals surface area (Å²) in [5.41, 5.74) is 0.503. The van der Waals surface area contributed by atoms with Crippen molar-refractivity contribution < 1.29 is 14.0 Å². The molecule has 2 rings (SSSR count). The van der Waals surface area contributed by atoms with E-state index in [9.17, 15) is 14.0 Å². The van der Waals surface area contributed by atoms with Crippen LogP contribution in [0, 0.1) is 11.7 Å². The summed E-state index contributed by atoms with van der Waals surface area (Å²) in [7, 11) is 0. The molecule has 1 fully saturated rings. The number of rotatable bonds is 5. The monoisotopic (exact) mass is 323 g/mol. The topological polar surface area (TPSA) is 70.6 Å². The molecule has 1 aromatic rings. The van der Waals surface area contributed by atoms with Crippen LogP contribution in [0.25, 0.3) is 0 Å². The number of aliphatic imine (C=N–C) groups is 1. The first-order valence-corrected chi connectivity index (χ1v) is 7.89.